The van der Waals surface area contributed by atoms with Crippen LogP contribution in [-0.2, 0) is 17.9 Å². The number of benzene rings is 1. The highest BCUT2D eigenvalue weighted by atomic mass is 16.3. The van der Waals surface area contributed by atoms with Gasteiger partial charge >= 0.3 is 0 Å². The van der Waals surface area contributed by atoms with E-state index in [0.29, 0.717) is 29.3 Å². The van der Waals surface area contributed by atoms with Crippen LogP contribution >= 0.6 is 0 Å². The summed E-state index contributed by atoms with van der Waals surface area (Å²) < 4.78 is 4.48. The summed E-state index contributed by atoms with van der Waals surface area (Å²) in [4.78, 5) is 29.7. The first-order chi connectivity index (χ1) is 14.9. The molecule has 0 spiro atoms. The number of nitrogens with zero attached hydrogens (tertiary/aromatic N) is 6. The molecule has 0 aliphatic rings. The van der Waals surface area contributed by atoms with Gasteiger partial charge in [0.2, 0.25) is 11.7 Å². The highest BCUT2D eigenvalue weighted by molar-refractivity contribution is 5.90. The maximum Gasteiger partial charge on any atom is 0.275 e. The SMILES string of the molecule is Cc1ccc(NC(=O)Cn2c(C)cc(=O)n3nc(-c4cnn(CCO)c4C)nc23)cc1. The minimum Gasteiger partial charge on any atom is -0.394 e. The number of aliphatic hydroxyl groups excluding tert-OH is 1. The number of anilines is 1. The monoisotopic (exact) mass is 421 g/mol. The molecule has 1 aromatic carbocycles. The van der Waals surface area contributed by atoms with E-state index in [1.807, 2.05) is 38.1 Å². The lowest BCUT2D eigenvalue weighted by Gasteiger charge is -2.11. The van der Waals surface area contributed by atoms with Gasteiger partial charge in [0.1, 0.15) is 6.54 Å². The highest BCUT2D eigenvalue weighted by Crippen LogP contribution is 2.20. The zero-order chi connectivity index (χ0) is 22.1. The van der Waals surface area contributed by atoms with Gasteiger partial charge in [-0.3, -0.25) is 14.3 Å². The maximum atomic E-state index is 12.6. The van der Waals surface area contributed by atoms with Crippen LogP contribution in [0.25, 0.3) is 17.2 Å². The third kappa shape index (κ3) is 3.97. The lowest BCUT2D eigenvalue weighted by Crippen LogP contribution is -2.25. The average Bonchev–Trinajstić information content (AvgIpc) is 3.32. The molecule has 0 radical (unpaired) electrons. The Kier molecular flexibility index (Phi) is 5.38. The second-order valence-corrected chi connectivity index (χ2v) is 7.36. The number of carbonyl (C=O) groups is 1. The Labute approximate surface area is 177 Å². The number of hydrogen-bond donors (Lipinski definition) is 2. The number of rotatable bonds is 6. The molecular weight excluding hydrogens is 398 g/mol. The highest BCUT2D eigenvalue weighted by Gasteiger charge is 2.18. The van der Waals surface area contributed by atoms with Gasteiger partial charge in [-0.1, -0.05) is 17.7 Å². The van der Waals surface area contributed by atoms with Crippen molar-refractivity contribution in [1.29, 1.82) is 0 Å². The predicted molar refractivity (Wildman–Crippen MR) is 115 cm³/mol. The van der Waals surface area contributed by atoms with Crippen molar-refractivity contribution in [3.05, 3.63) is 63.8 Å². The summed E-state index contributed by atoms with van der Waals surface area (Å²) in [6.45, 7) is 5.86. The normalized spacial score (nSPS) is 11.2. The predicted octanol–water partition coefficient (Wildman–Crippen LogP) is 1.31. The van der Waals surface area contributed by atoms with Crippen molar-refractivity contribution in [2.45, 2.75) is 33.9 Å². The van der Waals surface area contributed by atoms with Gasteiger partial charge in [-0.05, 0) is 32.9 Å². The number of aryl methyl sites for hydroxylation is 2. The molecule has 0 bridgehead atoms. The zero-order valence-electron chi connectivity index (χ0n) is 17.5. The minimum absolute atomic E-state index is 0.0234. The molecule has 0 aliphatic carbocycles. The van der Waals surface area contributed by atoms with E-state index < -0.39 is 0 Å². The quantitative estimate of drug-likeness (QED) is 0.484. The molecule has 1 amide bonds. The van der Waals surface area contributed by atoms with Crippen LogP contribution in [0.15, 0.2) is 41.3 Å². The first-order valence-electron chi connectivity index (χ1n) is 9.84. The Morgan fingerprint density at radius 1 is 1.16 bits per heavy atom. The van der Waals surface area contributed by atoms with E-state index in [1.165, 1.54) is 10.6 Å². The van der Waals surface area contributed by atoms with Crippen LogP contribution in [0.3, 0.4) is 0 Å². The average molecular weight is 421 g/mol. The number of aliphatic hydroxyl groups is 1. The standard InChI is InChI=1S/C21H23N7O3/c1-13-4-6-16(7-5-13)23-18(30)12-26-14(2)10-19(31)28-21(26)24-20(25-28)17-11-22-27(8-9-29)15(17)3/h4-7,10-11,29H,8-9,12H2,1-3H3,(H,23,30). The summed E-state index contributed by atoms with van der Waals surface area (Å²) in [6, 6.07) is 8.93. The fourth-order valence-electron chi connectivity index (χ4n) is 3.38. The van der Waals surface area contributed by atoms with Crippen molar-refractivity contribution >= 4 is 17.4 Å². The molecule has 3 aromatic heterocycles. The van der Waals surface area contributed by atoms with E-state index >= 15 is 0 Å². The summed E-state index contributed by atoms with van der Waals surface area (Å²) >= 11 is 0. The van der Waals surface area contributed by atoms with E-state index in [4.69, 9.17) is 5.11 Å². The van der Waals surface area contributed by atoms with E-state index in [9.17, 15) is 9.59 Å². The number of hydrogen-bond acceptors (Lipinski definition) is 6. The smallest absolute Gasteiger partial charge is 0.275 e. The van der Waals surface area contributed by atoms with Gasteiger partial charge in [-0.25, -0.2) is 0 Å². The molecule has 0 unspecified atom stereocenters. The summed E-state index contributed by atoms with van der Waals surface area (Å²) in [5.74, 6) is 0.361. The lowest BCUT2D eigenvalue weighted by atomic mass is 10.2. The molecular formula is C21H23N7O3. The zero-order valence-corrected chi connectivity index (χ0v) is 17.5. The van der Waals surface area contributed by atoms with Crippen molar-refractivity contribution in [3.8, 4) is 11.4 Å². The minimum atomic E-state index is -0.332. The molecule has 10 nitrogen and oxygen atoms in total. The second kappa shape index (κ2) is 8.15. The Morgan fingerprint density at radius 2 is 1.90 bits per heavy atom. The van der Waals surface area contributed by atoms with Crippen molar-refractivity contribution in [3.63, 3.8) is 0 Å². The van der Waals surface area contributed by atoms with Crippen LogP contribution in [0.5, 0.6) is 0 Å². The van der Waals surface area contributed by atoms with E-state index in [2.05, 4.69) is 20.5 Å². The van der Waals surface area contributed by atoms with Crippen molar-refractivity contribution in [2.75, 3.05) is 11.9 Å². The van der Waals surface area contributed by atoms with Gasteiger partial charge in [0.25, 0.3) is 5.56 Å². The summed E-state index contributed by atoms with van der Waals surface area (Å²) in [6.07, 6.45) is 1.60. The molecule has 10 heteroatoms. The van der Waals surface area contributed by atoms with Crippen molar-refractivity contribution in [2.24, 2.45) is 0 Å². The van der Waals surface area contributed by atoms with Gasteiger partial charge in [0.15, 0.2) is 5.82 Å². The van der Waals surface area contributed by atoms with Crippen LogP contribution < -0.4 is 10.9 Å². The van der Waals surface area contributed by atoms with Gasteiger partial charge in [0.05, 0.1) is 24.9 Å². The molecule has 0 saturated carbocycles. The summed E-state index contributed by atoms with van der Waals surface area (Å²) in [5, 5.41) is 20.6. The number of aromatic nitrogens is 6. The van der Waals surface area contributed by atoms with Crippen LogP contribution in [0, 0.1) is 20.8 Å². The Bertz CT molecular complexity index is 1320. The van der Waals surface area contributed by atoms with Crippen molar-refractivity contribution < 1.29 is 9.90 Å². The molecule has 3 heterocycles. The number of fused-ring (bicyclic) bond motifs is 1. The molecule has 0 aliphatic heterocycles. The van der Waals surface area contributed by atoms with Crippen LogP contribution in [0.2, 0.25) is 0 Å². The molecule has 4 aromatic rings. The summed E-state index contributed by atoms with van der Waals surface area (Å²) in [5.41, 5.74) is 3.50. The molecule has 2 N–H and O–H groups in total. The molecule has 0 atom stereocenters. The lowest BCUT2D eigenvalue weighted by molar-refractivity contribution is -0.116. The number of carbonyl (C=O) groups excluding carboxylic acids is 1. The summed E-state index contributed by atoms with van der Waals surface area (Å²) in [7, 11) is 0. The Hall–Kier alpha value is -3.79. The van der Waals surface area contributed by atoms with Gasteiger partial charge < -0.3 is 15.0 Å². The van der Waals surface area contributed by atoms with Crippen molar-refractivity contribution in [1.82, 2.24) is 28.9 Å². The molecule has 31 heavy (non-hydrogen) atoms. The van der Waals surface area contributed by atoms with E-state index in [0.717, 1.165) is 11.3 Å². The maximum absolute atomic E-state index is 12.6. The van der Waals surface area contributed by atoms with Crippen LogP contribution in [-0.4, -0.2) is 46.6 Å². The fourth-order valence-corrected chi connectivity index (χ4v) is 3.38. The van der Waals surface area contributed by atoms with E-state index in [-0.39, 0.29) is 30.4 Å². The third-order valence-electron chi connectivity index (χ3n) is 5.09. The first-order valence-corrected chi connectivity index (χ1v) is 9.84. The first kappa shape index (κ1) is 20.5. The van der Waals surface area contributed by atoms with Crippen LogP contribution in [0.1, 0.15) is 17.0 Å². The topological polar surface area (TPSA) is 119 Å². The number of nitrogens with one attached hydrogen (secondary N) is 1. The van der Waals surface area contributed by atoms with Gasteiger partial charge in [0, 0.05) is 23.1 Å². The van der Waals surface area contributed by atoms with Crippen LogP contribution in [0.4, 0.5) is 5.69 Å². The van der Waals surface area contributed by atoms with Gasteiger partial charge in [-0.15, -0.1) is 5.10 Å². The Morgan fingerprint density at radius 3 is 2.61 bits per heavy atom. The van der Waals surface area contributed by atoms with Gasteiger partial charge in [-0.2, -0.15) is 14.6 Å². The number of amides is 1. The Balaban J connectivity index is 1.70. The third-order valence-corrected chi connectivity index (χ3v) is 5.09. The van der Waals surface area contributed by atoms with E-state index in [1.54, 1.807) is 22.4 Å². The fraction of sp³-hybridized carbons (Fsp3) is 0.286. The molecule has 0 fully saturated rings. The molecule has 0 saturated heterocycles. The largest absolute Gasteiger partial charge is 0.394 e. The molecule has 160 valence electrons. The second-order valence-electron chi connectivity index (χ2n) is 7.36. The molecule has 4 rings (SSSR count).